The van der Waals surface area contributed by atoms with Crippen LogP contribution in [0, 0.1) is 6.92 Å². The first kappa shape index (κ1) is 12.9. The zero-order chi connectivity index (χ0) is 13.8. The quantitative estimate of drug-likeness (QED) is 0.827. The minimum absolute atomic E-state index is 0.311. The number of carbonyl (C=O) groups is 1. The largest absolute Gasteiger partial charge is 0.497 e. The van der Waals surface area contributed by atoms with Crippen LogP contribution in [-0.2, 0) is 0 Å². The number of benzene rings is 1. The highest BCUT2D eigenvalue weighted by atomic mass is 16.5. The lowest BCUT2D eigenvalue weighted by molar-refractivity contribution is 0.102. The highest BCUT2D eigenvalue weighted by Crippen LogP contribution is 2.20. The second kappa shape index (κ2) is 5.39. The topological polar surface area (TPSA) is 77.2 Å². The van der Waals surface area contributed by atoms with Crippen LogP contribution in [0.3, 0.4) is 0 Å². The molecule has 0 aliphatic rings. The molecule has 19 heavy (non-hydrogen) atoms. The maximum absolute atomic E-state index is 12.1. The Morgan fingerprint density at radius 2 is 2.11 bits per heavy atom. The number of methoxy groups -OCH3 is 1. The van der Waals surface area contributed by atoms with Crippen LogP contribution in [0.2, 0.25) is 0 Å². The molecule has 5 nitrogen and oxygen atoms in total. The van der Waals surface area contributed by atoms with Gasteiger partial charge in [0.1, 0.15) is 11.6 Å². The van der Waals surface area contributed by atoms with E-state index in [1.165, 1.54) is 7.11 Å². The van der Waals surface area contributed by atoms with Gasteiger partial charge in [0.2, 0.25) is 0 Å². The molecule has 0 aliphatic carbocycles. The van der Waals surface area contributed by atoms with Crippen LogP contribution in [0.15, 0.2) is 36.4 Å². The van der Waals surface area contributed by atoms with E-state index < -0.39 is 0 Å². The molecule has 3 N–H and O–H groups in total. The molecule has 0 atom stereocenters. The predicted octanol–water partition coefficient (Wildman–Crippen LogP) is 2.23. The van der Waals surface area contributed by atoms with Crippen molar-refractivity contribution in [2.75, 3.05) is 18.2 Å². The highest BCUT2D eigenvalue weighted by Gasteiger charge is 2.11. The molecule has 0 unspecified atom stereocenters. The molecule has 1 amide bonds. The molecule has 0 saturated carbocycles. The maximum Gasteiger partial charge on any atom is 0.259 e. The fraction of sp³-hybridized carbons (Fsp3) is 0.143. The third-order valence-corrected chi connectivity index (χ3v) is 2.64. The number of pyridine rings is 1. The van der Waals surface area contributed by atoms with E-state index in [1.54, 1.807) is 24.3 Å². The number of ether oxygens (including phenoxy) is 1. The van der Waals surface area contributed by atoms with E-state index in [-0.39, 0.29) is 5.91 Å². The third kappa shape index (κ3) is 3.01. The smallest absolute Gasteiger partial charge is 0.259 e. The van der Waals surface area contributed by atoms with Gasteiger partial charge in [0.15, 0.2) is 0 Å². The normalized spacial score (nSPS) is 10.0. The molecule has 5 heteroatoms. The van der Waals surface area contributed by atoms with Gasteiger partial charge in [-0.25, -0.2) is 4.98 Å². The van der Waals surface area contributed by atoms with E-state index in [0.717, 1.165) is 5.69 Å². The first-order valence-electron chi connectivity index (χ1n) is 5.78. The summed E-state index contributed by atoms with van der Waals surface area (Å²) >= 11 is 0. The number of amides is 1. The molecular formula is C14H15N3O2. The SMILES string of the molecule is COc1ccc(N)c(C(=O)Nc2cccc(C)n2)c1. The van der Waals surface area contributed by atoms with E-state index in [1.807, 2.05) is 19.1 Å². The molecule has 0 radical (unpaired) electrons. The Balaban J connectivity index is 2.25. The Kier molecular flexibility index (Phi) is 3.66. The standard InChI is InChI=1S/C14H15N3O2/c1-9-4-3-5-13(16-9)17-14(18)11-8-10(19-2)6-7-12(11)15/h3-8H,15H2,1-2H3,(H,16,17,18). The van der Waals surface area contributed by atoms with Crippen molar-refractivity contribution in [1.82, 2.24) is 4.98 Å². The fourth-order valence-corrected chi connectivity index (χ4v) is 1.66. The number of nitrogens with zero attached hydrogens (tertiary/aromatic N) is 1. The van der Waals surface area contributed by atoms with Crippen molar-refractivity contribution < 1.29 is 9.53 Å². The van der Waals surface area contributed by atoms with E-state index >= 15 is 0 Å². The first-order valence-corrected chi connectivity index (χ1v) is 5.78. The summed E-state index contributed by atoms with van der Waals surface area (Å²) in [6, 6.07) is 10.3. The number of hydrogen-bond donors (Lipinski definition) is 2. The van der Waals surface area contributed by atoms with Gasteiger partial charge in [-0.1, -0.05) is 6.07 Å². The van der Waals surface area contributed by atoms with Gasteiger partial charge in [0.25, 0.3) is 5.91 Å². The van der Waals surface area contributed by atoms with Crippen molar-refractivity contribution in [3.8, 4) is 5.75 Å². The third-order valence-electron chi connectivity index (χ3n) is 2.64. The lowest BCUT2D eigenvalue weighted by Crippen LogP contribution is -2.15. The lowest BCUT2D eigenvalue weighted by atomic mass is 10.1. The van der Waals surface area contributed by atoms with Gasteiger partial charge in [0.05, 0.1) is 12.7 Å². The Labute approximate surface area is 111 Å². The monoisotopic (exact) mass is 257 g/mol. The maximum atomic E-state index is 12.1. The van der Waals surface area contributed by atoms with Crippen molar-refractivity contribution >= 4 is 17.4 Å². The van der Waals surface area contributed by atoms with Crippen LogP contribution in [0.25, 0.3) is 0 Å². The molecule has 1 heterocycles. The molecule has 98 valence electrons. The average Bonchev–Trinajstić information content (AvgIpc) is 2.39. The van der Waals surface area contributed by atoms with Gasteiger partial charge in [-0.3, -0.25) is 4.79 Å². The highest BCUT2D eigenvalue weighted by molar-refractivity contribution is 6.07. The average molecular weight is 257 g/mol. The zero-order valence-electron chi connectivity index (χ0n) is 10.8. The Hall–Kier alpha value is -2.56. The number of anilines is 2. The van der Waals surface area contributed by atoms with Gasteiger partial charge in [-0.05, 0) is 37.3 Å². The number of nitrogens with two attached hydrogens (primary N) is 1. The van der Waals surface area contributed by atoms with Gasteiger partial charge in [0, 0.05) is 11.4 Å². The molecule has 0 bridgehead atoms. The number of nitrogens with one attached hydrogen (secondary N) is 1. The molecule has 0 aliphatic heterocycles. The van der Waals surface area contributed by atoms with Gasteiger partial charge in [-0.15, -0.1) is 0 Å². The van der Waals surface area contributed by atoms with E-state index in [9.17, 15) is 4.79 Å². The molecule has 0 saturated heterocycles. The summed E-state index contributed by atoms with van der Waals surface area (Å²) in [4.78, 5) is 16.3. The Morgan fingerprint density at radius 1 is 1.32 bits per heavy atom. The lowest BCUT2D eigenvalue weighted by Gasteiger charge is -2.09. The minimum atomic E-state index is -0.311. The summed E-state index contributed by atoms with van der Waals surface area (Å²) in [5.41, 5.74) is 7.38. The van der Waals surface area contributed by atoms with Gasteiger partial charge in [-0.2, -0.15) is 0 Å². The fourth-order valence-electron chi connectivity index (χ4n) is 1.66. The first-order chi connectivity index (χ1) is 9.10. The number of aromatic nitrogens is 1. The number of aryl methyl sites for hydroxylation is 1. The number of hydrogen-bond acceptors (Lipinski definition) is 4. The second-order valence-electron chi connectivity index (χ2n) is 4.07. The zero-order valence-corrected chi connectivity index (χ0v) is 10.8. The van der Waals surface area contributed by atoms with E-state index in [4.69, 9.17) is 10.5 Å². The molecule has 1 aromatic carbocycles. The van der Waals surface area contributed by atoms with Crippen LogP contribution < -0.4 is 15.8 Å². The van der Waals surface area contributed by atoms with Gasteiger partial charge >= 0.3 is 0 Å². The molecule has 1 aromatic heterocycles. The molecule has 2 rings (SSSR count). The van der Waals surface area contributed by atoms with Crippen LogP contribution in [-0.4, -0.2) is 18.0 Å². The summed E-state index contributed by atoms with van der Waals surface area (Å²) in [5, 5.41) is 2.71. The van der Waals surface area contributed by atoms with E-state index in [0.29, 0.717) is 22.8 Å². The summed E-state index contributed by atoms with van der Waals surface area (Å²) in [5.74, 6) is 0.762. The summed E-state index contributed by atoms with van der Waals surface area (Å²) < 4.78 is 5.08. The van der Waals surface area contributed by atoms with Gasteiger partial charge < -0.3 is 15.8 Å². The Bertz CT molecular complexity index is 611. The summed E-state index contributed by atoms with van der Waals surface area (Å²) in [6.07, 6.45) is 0. The number of carbonyl (C=O) groups excluding carboxylic acids is 1. The molecular weight excluding hydrogens is 242 g/mol. The Morgan fingerprint density at radius 3 is 2.79 bits per heavy atom. The number of rotatable bonds is 3. The molecule has 0 fully saturated rings. The van der Waals surface area contributed by atoms with Crippen molar-refractivity contribution in [3.05, 3.63) is 47.7 Å². The summed E-state index contributed by atoms with van der Waals surface area (Å²) in [7, 11) is 1.54. The van der Waals surface area contributed by atoms with Crippen molar-refractivity contribution in [2.45, 2.75) is 6.92 Å². The van der Waals surface area contributed by atoms with Crippen molar-refractivity contribution in [1.29, 1.82) is 0 Å². The van der Waals surface area contributed by atoms with Crippen LogP contribution >= 0.6 is 0 Å². The molecule has 0 spiro atoms. The van der Waals surface area contributed by atoms with Crippen LogP contribution in [0.5, 0.6) is 5.75 Å². The molecule has 2 aromatic rings. The number of nitrogen functional groups attached to an aromatic ring is 1. The van der Waals surface area contributed by atoms with Crippen LogP contribution in [0.1, 0.15) is 16.1 Å². The summed E-state index contributed by atoms with van der Waals surface area (Å²) in [6.45, 7) is 1.86. The van der Waals surface area contributed by atoms with Crippen molar-refractivity contribution in [2.24, 2.45) is 0 Å². The predicted molar refractivity (Wildman–Crippen MR) is 74.3 cm³/mol. The van der Waals surface area contributed by atoms with Crippen LogP contribution in [0.4, 0.5) is 11.5 Å². The second-order valence-corrected chi connectivity index (χ2v) is 4.07. The van der Waals surface area contributed by atoms with Crippen molar-refractivity contribution in [3.63, 3.8) is 0 Å². The van der Waals surface area contributed by atoms with E-state index in [2.05, 4.69) is 10.3 Å². The minimum Gasteiger partial charge on any atom is -0.497 e.